The molecule has 0 bridgehead atoms. The van der Waals surface area contributed by atoms with E-state index in [1.165, 1.54) is 11.3 Å². The lowest BCUT2D eigenvalue weighted by Gasteiger charge is -2.26. The number of amides is 1. The number of benzene rings is 1. The van der Waals surface area contributed by atoms with Crippen molar-refractivity contribution in [1.82, 2.24) is 9.88 Å². The number of halogens is 2. The van der Waals surface area contributed by atoms with Crippen LogP contribution in [-0.4, -0.2) is 21.8 Å². The van der Waals surface area contributed by atoms with Crippen molar-refractivity contribution in [3.8, 4) is 0 Å². The lowest BCUT2D eigenvalue weighted by Crippen LogP contribution is -2.36. The predicted molar refractivity (Wildman–Crippen MR) is 88.0 cm³/mol. The van der Waals surface area contributed by atoms with Crippen molar-refractivity contribution in [2.45, 2.75) is 26.4 Å². The van der Waals surface area contributed by atoms with Crippen LogP contribution in [0.3, 0.4) is 0 Å². The summed E-state index contributed by atoms with van der Waals surface area (Å²) in [7, 11) is 0. The molecule has 112 valence electrons. The van der Waals surface area contributed by atoms with Gasteiger partial charge in [-0.2, -0.15) is 0 Å². The Morgan fingerprint density at radius 1 is 1.38 bits per heavy atom. The summed E-state index contributed by atoms with van der Waals surface area (Å²) < 4.78 is 0. The van der Waals surface area contributed by atoms with Gasteiger partial charge in [0.25, 0.3) is 5.91 Å². The van der Waals surface area contributed by atoms with Crippen LogP contribution in [0.1, 0.15) is 29.9 Å². The molecule has 7 heteroatoms. The second-order valence-corrected chi connectivity index (χ2v) is 6.55. The molecule has 0 aliphatic carbocycles. The maximum Gasteiger partial charge on any atom is 0.273 e. The summed E-state index contributed by atoms with van der Waals surface area (Å²) in [6.07, 6.45) is 0. The van der Waals surface area contributed by atoms with Crippen LogP contribution in [0.25, 0.3) is 0 Å². The maximum atomic E-state index is 12.5. The Morgan fingerprint density at radius 2 is 2.10 bits per heavy atom. The molecule has 0 aliphatic heterocycles. The lowest BCUT2D eigenvalue weighted by molar-refractivity contribution is 0.0685. The van der Waals surface area contributed by atoms with Gasteiger partial charge in [0.15, 0.2) is 5.13 Å². The summed E-state index contributed by atoms with van der Waals surface area (Å²) in [4.78, 5) is 18.3. The highest BCUT2D eigenvalue weighted by Gasteiger charge is 2.21. The Morgan fingerprint density at radius 3 is 2.62 bits per heavy atom. The molecule has 1 amide bonds. The van der Waals surface area contributed by atoms with E-state index in [2.05, 4.69) is 4.98 Å². The monoisotopic (exact) mass is 343 g/mol. The van der Waals surface area contributed by atoms with Crippen LogP contribution >= 0.6 is 34.5 Å². The number of aromatic nitrogens is 1. The van der Waals surface area contributed by atoms with Gasteiger partial charge in [0, 0.05) is 18.0 Å². The second kappa shape index (κ2) is 6.64. The molecule has 0 unspecified atom stereocenters. The van der Waals surface area contributed by atoms with Gasteiger partial charge < -0.3 is 10.6 Å². The number of carbonyl (C=O) groups is 1. The number of carbonyl (C=O) groups excluding carboxylic acids is 1. The number of nitrogens with zero attached hydrogens (tertiary/aromatic N) is 2. The highest BCUT2D eigenvalue weighted by atomic mass is 35.5. The van der Waals surface area contributed by atoms with Crippen molar-refractivity contribution in [3.63, 3.8) is 0 Å². The molecule has 1 aromatic heterocycles. The fourth-order valence-corrected chi connectivity index (χ4v) is 2.71. The number of nitrogens with two attached hydrogens (primary N) is 1. The van der Waals surface area contributed by atoms with Crippen molar-refractivity contribution in [2.24, 2.45) is 0 Å². The third kappa shape index (κ3) is 3.87. The zero-order chi connectivity index (χ0) is 15.6. The summed E-state index contributed by atoms with van der Waals surface area (Å²) >= 11 is 13.2. The van der Waals surface area contributed by atoms with Crippen LogP contribution in [0, 0.1) is 0 Å². The Bertz CT molecular complexity index is 657. The molecule has 0 radical (unpaired) electrons. The first kappa shape index (κ1) is 16.1. The van der Waals surface area contributed by atoms with Crippen molar-refractivity contribution < 1.29 is 4.79 Å². The largest absolute Gasteiger partial charge is 0.375 e. The fraction of sp³-hybridized carbons (Fsp3) is 0.286. The standard InChI is InChI=1S/C14H15Cl2N3OS/c1-8(2)19(13(20)12-7-21-14(17)18-12)6-9-3-4-10(15)11(16)5-9/h3-5,7-8H,6H2,1-2H3,(H2,17,18). The van der Waals surface area contributed by atoms with Gasteiger partial charge >= 0.3 is 0 Å². The molecule has 1 aromatic carbocycles. The summed E-state index contributed by atoms with van der Waals surface area (Å²) in [5, 5.41) is 3.02. The summed E-state index contributed by atoms with van der Waals surface area (Å²) in [6.45, 7) is 4.33. The first-order valence-corrected chi connectivity index (χ1v) is 7.98. The van der Waals surface area contributed by atoms with E-state index in [0.29, 0.717) is 27.4 Å². The minimum Gasteiger partial charge on any atom is -0.375 e. The number of hydrogen-bond donors (Lipinski definition) is 1. The number of hydrogen-bond acceptors (Lipinski definition) is 4. The smallest absolute Gasteiger partial charge is 0.273 e. The zero-order valence-electron chi connectivity index (χ0n) is 11.6. The first-order valence-electron chi connectivity index (χ1n) is 6.34. The number of anilines is 1. The molecule has 2 rings (SSSR count). The van der Waals surface area contributed by atoms with Crippen molar-refractivity contribution in [1.29, 1.82) is 0 Å². The molecule has 0 fully saturated rings. The number of nitrogen functional groups attached to an aromatic ring is 1. The van der Waals surface area contributed by atoms with E-state index in [4.69, 9.17) is 28.9 Å². The number of rotatable bonds is 4. The quantitative estimate of drug-likeness (QED) is 0.909. The molecule has 21 heavy (non-hydrogen) atoms. The van der Waals surface area contributed by atoms with Gasteiger partial charge in [0.1, 0.15) is 5.69 Å². The summed E-state index contributed by atoms with van der Waals surface area (Å²) in [5.41, 5.74) is 6.86. The Hall–Kier alpha value is -1.30. The minimum atomic E-state index is -0.149. The fourth-order valence-electron chi connectivity index (χ4n) is 1.86. The van der Waals surface area contributed by atoms with Gasteiger partial charge in [0.2, 0.25) is 0 Å². The third-order valence-corrected chi connectivity index (χ3v) is 4.38. The molecule has 1 heterocycles. The third-order valence-electron chi connectivity index (χ3n) is 2.96. The van der Waals surface area contributed by atoms with E-state index in [-0.39, 0.29) is 11.9 Å². The zero-order valence-corrected chi connectivity index (χ0v) is 14.0. The molecule has 0 spiro atoms. The molecule has 0 atom stereocenters. The van der Waals surface area contributed by atoms with Crippen LogP contribution in [0.15, 0.2) is 23.6 Å². The molecular weight excluding hydrogens is 329 g/mol. The molecule has 0 saturated carbocycles. The van der Waals surface area contributed by atoms with Crippen LogP contribution in [-0.2, 0) is 6.54 Å². The van der Waals surface area contributed by atoms with E-state index in [1.54, 1.807) is 22.4 Å². The van der Waals surface area contributed by atoms with Gasteiger partial charge in [-0.1, -0.05) is 29.3 Å². The lowest BCUT2D eigenvalue weighted by atomic mass is 10.1. The van der Waals surface area contributed by atoms with Gasteiger partial charge in [-0.05, 0) is 31.5 Å². The van der Waals surface area contributed by atoms with E-state index >= 15 is 0 Å². The summed E-state index contributed by atoms with van der Waals surface area (Å²) in [6, 6.07) is 5.37. The SMILES string of the molecule is CC(C)N(Cc1ccc(Cl)c(Cl)c1)C(=O)c1csc(N)n1. The van der Waals surface area contributed by atoms with E-state index < -0.39 is 0 Å². The highest BCUT2D eigenvalue weighted by Crippen LogP contribution is 2.24. The first-order chi connectivity index (χ1) is 9.88. The van der Waals surface area contributed by atoms with Gasteiger partial charge in [0.05, 0.1) is 10.0 Å². The predicted octanol–water partition coefficient (Wildman–Crippen LogP) is 4.08. The second-order valence-electron chi connectivity index (χ2n) is 4.85. The van der Waals surface area contributed by atoms with E-state index in [0.717, 1.165) is 5.56 Å². The van der Waals surface area contributed by atoms with Crippen LogP contribution in [0.2, 0.25) is 10.0 Å². The minimum absolute atomic E-state index is 0.0230. The van der Waals surface area contributed by atoms with Crippen LogP contribution in [0.5, 0.6) is 0 Å². The molecular formula is C14H15Cl2N3OS. The summed E-state index contributed by atoms with van der Waals surface area (Å²) in [5.74, 6) is -0.149. The maximum absolute atomic E-state index is 12.5. The Balaban J connectivity index is 2.23. The topological polar surface area (TPSA) is 59.2 Å². The molecule has 2 N–H and O–H groups in total. The van der Waals surface area contributed by atoms with Crippen molar-refractivity contribution in [3.05, 3.63) is 44.9 Å². The van der Waals surface area contributed by atoms with Crippen molar-refractivity contribution in [2.75, 3.05) is 5.73 Å². The van der Waals surface area contributed by atoms with E-state index in [1.807, 2.05) is 19.9 Å². The number of thiazole rings is 1. The van der Waals surface area contributed by atoms with Gasteiger partial charge in [-0.25, -0.2) is 4.98 Å². The molecule has 2 aromatic rings. The van der Waals surface area contributed by atoms with E-state index in [9.17, 15) is 4.79 Å². The molecule has 0 saturated heterocycles. The normalized spacial score (nSPS) is 10.9. The Labute approximate surface area is 137 Å². The molecule has 4 nitrogen and oxygen atoms in total. The van der Waals surface area contributed by atoms with Crippen LogP contribution in [0.4, 0.5) is 5.13 Å². The van der Waals surface area contributed by atoms with Gasteiger partial charge in [-0.15, -0.1) is 11.3 Å². The highest BCUT2D eigenvalue weighted by molar-refractivity contribution is 7.13. The molecule has 0 aliphatic rings. The average Bonchev–Trinajstić information content (AvgIpc) is 2.85. The average molecular weight is 344 g/mol. The van der Waals surface area contributed by atoms with Gasteiger partial charge in [-0.3, -0.25) is 4.79 Å². The Kier molecular flexibility index (Phi) is 5.08. The van der Waals surface area contributed by atoms with Crippen molar-refractivity contribution >= 4 is 45.6 Å². The van der Waals surface area contributed by atoms with Crippen LogP contribution < -0.4 is 5.73 Å².